The monoisotopic (exact) mass is 329 g/mol. The van der Waals surface area contributed by atoms with Gasteiger partial charge >= 0.3 is 0 Å². The van der Waals surface area contributed by atoms with Gasteiger partial charge in [0.05, 0.1) is 12.2 Å². The Bertz CT molecular complexity index is 664. The fraction of sp³-hybridized carbons (Fsp3) is 0.800. The van der Waals surface area contributed by atoms with E-state index in [4.69, 9.17) is 0 Å². The largest absolute Gasteiger partial charge is 0.393 e. The van der Waals surface area contributed by atoms with Crippen molar-refractivity contribution in [1.29, 1.82) is 5.26 Å². The van der Waals surface area contributed by atoms with E-state index < -0.39 is 17.1 Å². The molecule has 0 bridgehead atoms. The van der Waals surface area contributed by atoms with E-state index in [9.17, 15) is 20.3 Å². The SMILES string of the molecule is C[C@]12CCC(=O)C=C1CC[C@@H]1[C@H]2C(O)C[C@@]2(C)[C@H]1CCC2(O)C#N. The Balaban J connectivity index is 1.76. The Morgan fingerprint density at radius 2 is 2.00 bits per heavy atom. The van der Waals surface area contributed by atoms with E-state index in [1.165, 1.54) is 5.57 Å². The van der Waals surface area contributed by atoms with Crippen molar-refractivity contribution in [1.82, 2.24) is 0 Å². The molecule has 0 aromatic carbocycles. The van der Waals surface area contributed by atoms with Crippen LogP contribution in [0.25, 0.3) is 0 Å². The van der Waals surface area contributed by atoms with Crippen LogP contribution in [0.5, 0.6) is 0 Å². The molecule has 7 atom stereocenters. The summed E-state index contributed by atoms with van der Waals surface area (Å²) in [6.07, 6.45) is 6.44. The summed E-state index contributed by atoms with van der Waals surface area (Å²) in [7, 11) is 0. The zero-order valence-corrected chi connectivity index (χ0v) is 14.6. The minimum absolute atomic E-state index is 0.106. The van der Waals surface area contributed by atoms with Gasteiger partial charge in [-0.05, 0) is 67.8 Å². The lowest BCUT2D eigenvalue weighted by molar-refractivity contribution is -0.156. The molecule has 4 aliphatic carbocycles. The van der Waals surface area contributed by atoms with Crippen LogP contribution < -0.4 is 0 Å². The number of fused-ring (bicyclic) bond motifs is 5. The molecule has 4 heteroatoms. The van der Waals surface area contributed by atoms with E-state index in [0.29, 0.717) is 25.2 Å². The highest BCUT2D eigenvalue weighted by Gasteiger charge is 2.66. The standard InChI is InChI=1S/C20H27NO3/c1-18-7-5-13(22)9-12(18)3-4-14-15-6-8-20(24,11-21)19(15,2)10-16(23)17(14)18/h9,14-17,23-24H,3-8,10H2,1-2H3/t14-,15-,16?,17-,18-,19-,20?/m0/s1. The third-order valence-electron chi connectivity index (χ3n) is 8.23. The number of rotatable bonds is 0. The molecule has 0 amide bonds. The van der Waals surface area contributed by atoms with Crippen LogP contribution in [0.1, 0.15) is 58.8 Å². The number of nitriles is 1. The minimum Gasteiger partial charge on any atom is -0.393 e. The van der Waals surface area contributed by atoms with Crippen molar-refractivity contribution in [3.05, 3.63) is 11.6 Å². The lowest BCUT2D eigenvalue weighted by atomic mass is 9.45. The second-order valence-electron chi connectivity index (χ2n) is 9.09. The fourth-order valence-corrected chi connectivity index (χ4v) is 6.88. The molecular formula is C20H27NO3. The summed E-state index contributed by atoms with van der Waals surface area (Å²) in [6.45, 7) is 4.23. The van der Waals surface area contributed by atoms with Crippen LogP contribution in [0.15, 0.2) is 11.6 Å². The molecule has 4 aliphatic rings. The Kier molecular flexibility index (Phi) is 3.34. The third kappa shape index (κ3) is 1.83. The predicted molar refractivity (Wildman–Crippen MR) is 88.7 cm³/mol. The number of nitrogens with zero attached hydrogens (tertiary/aromatic N) is 1. The van der Waals surface area contributed by atoms with Crippen LogP contribution in [-0.4, -0.2) is 27.7 Å². The van der Waals surface area contributed by atoms with Gasteiger partial charge in [-0.1, -0.05) is 19.4 Å². The summed E-state index contributed by atoms with van der Waals surface area (Å²) < 4.78 is 0. The normalized spacial score (nSPS) is 53.5. The lowest BCUT2D eigenvalue weighted by Crippen LogP contribution is -2.59. The van der Waals surface area contributed by atoms with E-state index in [1.807, 2.05) is 13.0 Å². The number of hydrogen-bond acceptors (Lipinski definition) is 4. The second kappa shape index (κ2) is 4.93. The molecule has 0 aliphatic heterocycles. The van der Waals surface area contributed by atoms with E-state index >= 15 is 0 Å². The lowest BCUT2D eigenvalue weighted by Gasteiger charge is -2.60. The van der Waals surface area contributed by atoms with Crippen LogP contribution in [0.4, 0.5) is 0 Å². The number of aliphatic hydroxyl groups is 2. The first kappa shape index (κ1) is 16.3. The summed E-state index contributed by atoms with van der Waals surface area (Å²) in [5.41, 5.74) is -0.727. The van der Waals surface area contributed by atoms with Gasteiger partial charge in [0.25, 0.3) is 0 Å². The molecule has 0 aromatic heterocycles. The fourth-order valence-electron chi connectivity index (χ4n) is 6.88. The van der Waals surface area contributed by atoms with Crippen LogP contribution in [0.3, 0.4) is 0 Å². The summed E-state index contributed by atoms with van der Waals surface area (Å²) in [5, 5.41) is 31.5. The molecule has 0 aromatic rings. The van der Waals surface area contributed by atoms with E-state index in [2.05, 4.69) is 13.0 Å². The van der Waals surface area contributed by atoms with Crippen molar-refractivity contribution in [2.24, 2.45) is 28.6 Å². The Hall–Kier alpha value is -1.18. The van der Waals surface area contributed by atoms with Gasteiger partial charge < -0.3 is 10.2 Å². The molecule has 4 nitrogen and oxygen atoms in total. The van der Waals surface area contributed by atoms with Gasteiger partial charge in [0.1, 0.15) is 0 Å². The van der Waals surface area contributed by atoms with Crippen molar-refractivity contribution >= 4 is 5.78 Å². The summed E-state index contributed by atoms with van der Waals surface area (Å²) in [5.74, 6) is 0.975. The smallest absolute Gasteiger partial charge is 0.156 e. The Morgan fingerprint density at radius 1 is 1.25 bits per heavy atom. The van der Waals surface area contributed by atoms with E-state index in [1.54, 1.807) is 0 Å². The molecule has 2 N–H and O–H groups in total. The van der Waals surface area contributed by atoms with Gasteiger partial charge in [-0.15, -0.1) is 0 Å². The highest BCUT2D eigenvalue weighted by atomic mass is 16.3. The molecular weight excluding hydrogens is 302 g/mol. The minimum atomic E-state index is -1.32. The van der Waals surface area contributed by atoms with Crippen molar-refractivity contribution in [3.8, 4) is 6.07 Å². The van der Waals surface area contributed by atoms with Gasteiger partial charge in [0.2, 0.25) is 0 Å². The zero-order valence-electron chi connectivity index (χ0n) is 14.6. The van der Waals surface area contributed by atoms with Crippen LogP contribution in [0, 0.1) is 39.9 Å². The maximum Gasteiger partial charge on any atom is 0.156 e. The molecule has 2 unspecified atom stereocenters. The maximum absolute atomic E-state index is 11.9. The molecule has 0 heterocycles. The van der Waals surface area contributed by atoms with Crippen LogP contribution >= 0.6 is 0 Å². The molecule has 0 spiro atoms. The van der Waals surface area contributed by atoms with Gasteiger partial charge in [-0.2, -0.15) is 5.26 Å². The van der Waals surface area contributed by atoms with Crippen molar-refractivity contribution < 1.29 is 15.0 Å². The molecule has 24 heavy (non-hydrogen) atoms. The molecule has 130 valence electrons. The Morgan fingerprint density at radius 3 is 2.71 bits per heavy atom. The first-order chi connectivity index (χ1) is 11.2. The van der Waals surface area contributed by atoms with Gasteiger partial charge in [0.15, 0.2) is 11.4 Å². The number of carbonyl (C=O) groups is 1. The predicted octanol–water partition coefficient (Wildman–Crippen LogP) is 2.74. The number of allylic oxidation sites excluding steroid dienone is 1. The van der Waals surface area contributed by atoms with Crippen molar-refractivity contribution in [3.63, 3.8) is 0 Å². The van der Waals surface area contributed by atoms with Gasteiger partial charge in [-0.25, -0.2) is 0 Å². The molecule has 3 fully saturated rings. The van der Waals surface area contributed by atoms with Crippen molar-refractivity contribution in [2.75, 3.05) is 0 Å². The number of ketones is 1. The number of aliphatic hydroxyl groups excluding tert-OH is 1. The van der Waals surface area contributed by atoms with E-state index in [-0.39, 0.29) is 23.0 Å². The summed E-state index contributed by atoms with van der Waals surface area (Å²) >= 11 is 0. The van der Waals surface area contributed by atoms with Crippen LogP contribution in [0.2, 0.25) is 0 Å². The first-order valence-electron chi connectivity index (χ1n) is 9.31. The highest BCUT2D eigenvalue weighted by molar-refractivity contribution is 5.91. The average molecular weight is 329 g/mol. The molecule has 0 radical (unpaired) electrons. The zero-order chi connectivity index (χ0) is 17.3. The topological polar surface area (TPSA) is 81.3 Å². The van der Waals surface area contributed by atoms with Gasteiger partial charge in [-0.3, -0.25) is 4.79 Å². The quantitative estimate of drug-likeness (QED) is 0.670. The number of carbonyl (C=O) groups excluding carboxylic acids is 1. The molecule has 3 saturated carbocycles. The summed E-state index contributed by atoms with van der Waals surface area (Å²) in [4.78, 5) is 11.9. The summed E-state index contributed by atoms with van der Waals surface area (Å²) in [6, 6.07) is 2.16. The van der Waals surface area contributed by atoms with Gasteiger partial charge in [0, 0.05) is 11.8 Å². The van der Waals surface area contributed by atoms with Crippen LogP contribution in [-0.2, 0) is 4.79 Å². The average Bonchev–Trinajstić information content (AvgIpc) is 2.79. The van der Waals surface area contributed by atoms with Crippen molar-refractivity contribution in [2.45, 2.75) is 70.5 Å². The Labute approximate surface area is 143 Å². The van der Waals surface area contributed by atoms with E-state index in [0.717, 1.165) is 25.7 Å². The molecule has 0 saturated heterocycles. The molecule has 4 rings (SSSR count). The highest BCUT2D eigenvalue weighted by Crippen LogP contribution is 2.67. The second-order valence-corrected chi connectivity index (χ2v) is 9.09. The number of hydrogen-bond donors (Lipinski definition) is 2. The first-order valence-corrected chi connectivity index (χ1v) is 9.31. The third-order valence-corrected chi connectivity index (χ3v) is 8.23. The maximum atomic E-state index is 11.9.